The zero-order chi connectivity index (χ0) is 11.8. The smallest absolute Gasteiger partial charge is 0.155 e. The summed E-state index contributed by atoms with van der Waals surface area (Å²) in [7, 11) is 0. The highest BCUT2D eigenvalue weighted by Gasteiger charge is 2.18. The molecule has 0 radical (unpaired) electrons. The Morgan fingerprint density at radius 2 is 2.00 bits per heavy atom. The Labute approximate surface area is 101 Å². The maximum atomic E-state index is 4.70. The molecule has 3 rings (SSSR count). The number of fused-ring (bicyclic) bond motifs is 1. The summed E-state index contributed by atoms with van der Waals surface area (Å²) >= 11 is 0. The van der Waals surface area contributed by atoms with Crippen molar-refractivity contribution < 1.29 is 0 Å². The molecule has 1 aliphatic heterocycles. The van der Waals surface area contributed by atoms with Crippen molar-refractivity contribution in [1.29, 1.82) is 0 Å². The molecule has 0 saturated carbocycles. The van der Waals surface area contributed by atoms with Gasteiger partial charge in [0.05, 0.1) is 5.69 Å². The molecule has 0 unspecified atom stereocenters. The van der Waals surface area contributed by atoms with Crippen molar-refractivity contribution in [2.45, 2.75) is 32.6 Å². The highest BCUT2D eigenvalue weighted by atomic mass is 15.3. The van der Waals surface area contributed by atoms with Crippen molar-refractivity contribution in [3.63, 3.8) is 0 Å². The average molecular weight is 230 g/mol. The molecule has 0 aromatic carbocycles. The zero-order valence-corrected chi connectivity index (χ0v) is 10.4. The van der Waals surface area contributed by atoms with Crippen LogP contribution in [0, 0.1) is 13.8 Å². The quantitative estimate of drug-likeness (QED) is 0.812. The lowest BCUT2D eigenvalue weighted by atomic mass is 9.95. The Bertz CT molecular complexity index is 538. The van der Waals surface area contributed by atoms with Crippen LogP contribution in [-0.4, -0.2) is 27.7 Å². The molecule has 1 fully saturated rings. The first-order valence-electron chi connectivity index (χ1n) is 6.29. The predicted molar refractivity (Wildman–Crippen MR) is 67.3 cm³/mol. The lowest BCUT2D eigenvalue weighted by Crippen LogP contribution is -2.26. The molecule has 1 N–H and O–H groups in total. The lowest BCUT2D eigenvalue weighted by Gasteiger charge is -2.20. The van der Waals surface area contributed by atoms with Crippen LogP contribution < -0.4 is 5.32 Å². The second-order valence-corrected chi connectivity index (χ2v) is 4.90. The highest BCUT2D eigenvalue weighted by Crippen LogP contribution is 2.24. The second kappa shape index (κ2) is 4.11. The van der Waals surface area contributed by atoms with E-state index in [9.17, 15) is 0 Å². The summed E-state index contributed by atoms with van der Waals surface area (Å²) < 4.78 is 1.96. The van der Waals surface area contributed by atoms with E-state index in [2.05, 4.69) is 29.4 Å². The first kappa shape index (κ1) is 10.7. The normalized spacial score (nSPS) is 17.8. The molecule has 2 aromatic heterocycles. The molecule has 0 spiro atoms. The topological polar surface area (TPSA) is 42.2 Å². The number of aromatic nitrogens is 3. The summed E-state index contributed by atoms with van der Waals surface area (Å²) in [6.07, 6.45) is 2.36. The Morgan fingerprint density at radius 1 is 1.24 bits per heavy atom. The molecule has 1 saturated heterocycles. The molecule has 2 aromatic rings. The van der Waals surface area contributed by atoms with Gasteiger partial charge in [0.1, 0.15) is 0 Å². The molecule has 0 atom stereocenters. The molecular formula is C13H18N4. The van der Waals surface area contributed by atoms with E-state index < -0.39 is 0 Å². The minimum atomic E-state index is 0.595. The van der Waals surface area contributed by atoms with E-state index in [4.69, 9.17) is 5.10 Å². The van der Waals surface area contributed by atoms with Gasteiger partial charge >= 0.3 is 0 Å². The van der Waals surface area contributed by atoms with Crippen LogP contribution in [-0.2, 0) is 0 Å². The van der Waals surface area contributed by atoms with Gasteiger partial charge in [-0.15, -0.1) is 0 Å². The summed E-state index contributed by atoms with van der Waals surface area (Å²) in [5.41, 5.74) is 4.41. The van der Waals surface area contributed by atoms with Crippen molar-refractivity contribution in [2.24, 2.45) is 0 Å². The monoisotopic (exact) mass is 230 g/mol. The fraction of sp³-hybridized carbons (Fsp3) is 0.538. The van der Waals surface area contributed by atoms with Gasteiger partial charge in [-0.1, -0.05) is 0 Å². The van der Waals surface area contributed by atoms with E-state index >= 15 is 0 Å². The first-order chi connectivity index (χ1) is 8.24. The molecular weight excluding hydrogens is 212 g/mol. The Hall–Kier alpha value is -1.42. The van der Waals surface area contributed by atoms with Gasteiger partial charge < -0.3 is 5.32 Å². The van der Waals surface area contributed by atoms with Crippen LogP contribution in [0.5, 0.6) is 0 Å². The van der Waals surface area contributed by atoms with Crippen LogP contribution in [0.1, 0.15) is 35.8 Å². The Morgan fingerprint density at radius 3 is 2.76 bits per heavy atom. The van der Waals surface area contributed by atoms with Crippen LogP contribution in [0.3, 0.4) is 0 Å². The summed E-state index contributed by atoms with van der Waals surface area (Å²) in [4.78, 5) is 4.54. The molecule has 0 aliphatic carbocycles. The summed E-state index contributed by atoms with van der Waals surface area (Å²) in [5, 5.41) is 8.09. The van der Waals surface area contributed by atoms with Gasteiger partial charge in [0.25, 0.3) is 0 Å². The molecule has 4 nitrogen and oxygen atoms in total. The van der Waals surface area contributed by atoms with Crippen molar-refractivity contribution in [1.82, 2.24) is 19.9 Å². The highest BCUT2D eigenvalue weighted by molar-refractivity contribution is 5.42. The summed E-state index contributed by atoms with van der Waals surface area (Å²) in [6, 6.07) is 4.22. The number of rotatable bonds is 1. The third-order valence-corrected chi connectivity index (χ3v) is 3.51. The third kappa shape index (κ3) is 1.93. The van der Waals surface area contributed by atoms with E-state index in [-0.39, 0.29) is 0 Å². The van der Waals surface area contributed by atoms with Gasteiger partial charge in [0.2, 0.25) is 0 Å². The zero-order valence-electron chi connectivity index (χ0n) is 10.4. The molecule has 3 heterocycles. The van der Waals surface area contributed by atoms with Crippen molar-refractivity contribution in [2.75, 3.05) is 13.1 Å². The fourth-order valence-corrected chi connectivity index (χ4v) is 2.62. The summed E-state index contributed by atoms with van der Waals surface area (Å²) in [6.45, 7) is 6.32. The van der Waals surface area contributed by atoms with Crippen LogP contribution in [0.25, 0.3) is 5.65 Å². The van der Waals surface area contributed by atoms with Gasteiger partial charge in [-0.3, -0.25) is 0 Å². The molecule has 0 amide bonds. The molecule has 90 valence electrons. The van der Waals surface area contributed by atoms with E-state index in [0.29, 0.717) is 5.92 Å². The van der Waals surface area contributed by atoms with Gasteiger partial charge in [-0.05, 0) is 45.8 Å². The SMILES string of the molecule is Cc1cc(C)n2nc(C3CCNCC3)cc2n1. The van der Waals surface area contributed by atoms with E-state index in [0.717, 1.165) is 30.1 Å². The fourth-order valence-electron chi connectivity index (χ4n) is 2.62. The van der Waals surface area contributed by atoms with E-state index in [1.54, 1.807) is 0 Å². The number of hydrogen-bond donors (Lipinski definition) is 1. The number of nitrogens with zero attached hydrogens (tertiary/aromatic N) is 3. The largest absolute Gasteiger partial charge is 0.317 e. The Balaban J connectivity index is 2.03. The number of aryl methyl sites for hydroxylation is 2. The molecule has 0 bridgehead atoms. The molecule has 1 aliphatic rings. The summed E-state index contributed by atoms with van der Waals surface area (Å²) in [5.74, 6) is 0.595. The standard InChI is InChI=1S/C13H18N4/c1-9-7-10(2)17-13(15-9)8-12(16-17)11-3-5-14-6-4-11/h7-8,11,14H,3-6H2,1-2H3. The molecule has 4 heteroatoms. The number of nitrogens with one attached hydrogen (secondary N) is 1. The van der Waals surface area contributed by atoms with Crippen molar-refractivity contribution in [3.05, 3.63) is 29.2 Å². The Kier molecular flexibility index (Phi) is 2.59. The van der Waals surface area contributed by atoms with E-state index in [1.807, 2.05) is 11.4 Å². The maximum Gasteiger partial charge on any atom is 0.155 e. The van der Waals surface area contributed by atoms with Crippen molar-refractivity contribution in [3.8, 4) is 0 Å². The minimum Gasteiger partial charge on any atom is -0.317 e. The van der Waals surface area contributed by atoms with Crippen LogP contribution >= 0.6 is 0 Å². The van der Waals surface area contributed by atoms with Gasteiger partial charge in [-0.25, -0.2) is 9.50 Å². The lowest BCUT2D eigenvalue weighted by molar-refractivity contribution is 0.451. The maximum absolute atomic E-state index is 4.70. The average Bonchev–Trinajstić information content (AvgIpc) is 2.74. The first-order valence-corrected chi connectivity index (χ1v) is 6.29. The van der Waals surface area contributed by atoms with Crippen LogP contribution in [0.4, 0.5) is 0 Å². The van der Waals surface area contributed by atoms with Crippen LogP contribution in [0.15, 0.2) is 12.1 Å². The predicted octanol–water partition coefficient (Wildman–Crippen LogP) is 1.81. The van der Waals surface area contributed by atoms with Gasteiger partial charge in [-0.2, -0.15) is 5.10 Å². The number of hydrogen-bond acceptors (Lipinski definition) is 3. The number of piperidine rings is 1. The van der Waals surface area contributed by atoms with Crippen LogP contribution in [0.2, 0.25) is 0 Å². The van der Waals surface area contributed by atoms with Gasteiger partial charge in [0, 0.05) is 23.4 Å². The minimum absolute atomic E-state index is 0.595. The van der Waals surface area contributed by atoms with Gasteiger partial charge in [0.15, 0.2) is 5.65 Å². The van der Waals surface area contributed by atoms with Crippen molar-refractivity contribution >= 4 is 5.65 Å². The third-order valence-electron chi connectivity index (χ3n) is 3.51. The molecule has 17 heavy (non-hydrogen) atoms. The second-order valence-electron chi connectivity index (χ2n) is 4.90. The van der Waals surface area contributed by atoms with E-state index in [1.165, 1.54) is 18.5 Å².